The predicted octanol–water partition coefficient (Wildman–Crippen LogP) is 2.72. The number of carbonyl (C=O) groups excluding carboxylic acids is 1. The third-order valence-electron chi connectivity index (χ3n) is 4.34. The van der Waals surface area contributed by atoms with Gasteiger partial charge in [-0.3, -0.25) is 4.79 Å². The van der Waals surface area contributed by atoms with Crippen LogP contribution in [-0.4, -0.2) is 14.3 Å². The Morgan fingerprint density at radius 1 is 1.23 bits per heavy atom. The quantitative estimate of drug-likeness (QED) is 0.713. The number of aryl methyl sites for hydroxylation is 1. The van der Waals surface area contributed by atoms with Gasteiger partial charge in [-0.25, -0.2) is 17.5 Å². The number of rotatable bonds is 4. The summed E-state index contributed by atoms with van der Waals surface area (Å²) in [5, 5.41) is 2.29. The molecule has 0 bridgehead atoms. The summed E-state index contributed by atoms with van der Waals surface area (Å²) in [4.78, 5) is 11.0. The Labute approximate surface area is 151 Å². The van der Waals surface area contributed by atoms with Gasteiger partial charge in [0.2, 0.25) is 15.9 Å². The van der Waals surface area contributed by atoms with E-state index < -0.39 is 21.7 Å². The fourth-order valence-electron chi connectivity index (χ4n) is 3.17. The van der Waals surface area contributed by atoms with Crippen LogP contribution in [0.4, 0.5) is 15.8 Å². The summed E-state index contributed by atoms with van der Waals surface area (Å²) >= 11 is 0. The molecule has 2 aromatic carbocycles. The van der Waals surface area contributed by atoms with Gasteiger partial charge in [-0.05, 0) is 60.7 Å². The van der Waals surface area contributed by atoms with E-state index in [1.54, 1.807) is 6.07 Å². The third kappa shape index (κ3) is 3.86. The van der Waals surface area contributed by atoms with Gasteiger partial charge >= 0.3 is 0 Å². The highest BCUT2D eigenvalue weighted by Gasteiger charge is 2.26. The molecule has 1 atom stereocenters. The van der Waals surface area contributed by atoms with E-state index in [-0.39, 0.29) is 16.6 Å². The molecular weight excluding hydrogens is 357 g/mol. The average molecular weight is 377 g/mol. The molecule has 1 aliphatic rings. The Morgan fingerprint density at radius 2 is 2.00 bits per heavy atom. The summed E-state index contributed by atoms with van der Waals surface area (Å²) < 4.78 is 42.0. The van der Waals surface area contributed by atoms with Gasteiger partial charge in [0.1, 0.15) is 5.82 Å². The maximum atomic E-state index is 13.8. The van der Waals surface area contributed by atoms with Crippen LogP contribution in [0.2, 0.25) is 0 Å². The molecule has 26 heavy (non-hydrogen) atoms. The van der Waals surface area contributed by atoms with Crippen LogP contribution >= 0.6 is 0 Å². The number of anilines is 2. The van der Waals surface area contributed by atoms with Crippen molar-refractivity contribution >= 4 is 27.3 Å². The summed E-state index contributed by atoms with van der Waals surface area (Å²) in [7, 11) is -3.89. The first-order valence-electron chi connectivity index (χ1n) is 8.24. The van der Waals surface area contributed by atoms with Crippen molar-refractivity contribution in [1.29, 1.82) is 0 Å². The molecule has 138 valence electrons. The fourth-order valence-corrected chi connectivity index (χ4v) is 4.44. The van der Waals surface area contributed by atoms with Gasteiger partial charge in [-0.1, -0.05) is 6.07 Å². The Hall–Kier alpha value is -2.45. The second-order valence-electron chi connectivity index (χ2n) is 6.35. The molecular formula is C18H20FN3O3S. The minimum absolute atomic E-state index is 0.106. The molecule has 2 aromatic rings. The molecule has 3 rings (SSSR count). The number of amides is 1. The summed E-state index contributed by atoms with van der Waals surface area (Å²) in [6.07, 6.45) is 2.35. The number of hydrogen-bond acceptors (Lipinski definition) is 4. The molecule has 0 heterocycles. The van der Waals surface area contributed by atoms with E-state index in [0.29, 0.717) is 12.1 Å². The van der Waals surface area contributed by atoms with E-state index in [1.807, 2.05) is 12.1 Å². The van der Waals surface area contributed by atoms with E-state index in [0.717, 1.165) is 36.1 Å². The van der Waals surface area contributed by atoms with Crippen LogP contribution in [0.25, 0.3) is 0 Å². The molecule has 1 aliphatic carbocycles. The van der Waals surface area contributed by atoms with Crippen LogP contribution in [0.15, 0.2) is 41.3 Å². The van der Waals surface area contributed by atoms with Gasteiger partial charge in [-0.2, -0.15) is 0 Å². The number of fused-ring (bicyclic) bond motifs is 1. The third-order valence-corrected chi connectivity index (χ3v) is 5.81. The van der Waals surface area contributed by atoms with Crippen molar-refractivity contribution in [3.63, 3.8) is 0 Å². The highest BCUT2D eigenvalue weighted by atomic mass is 32.2. The molecule has 0 spiro atoms. The lowest BCUT2D eigenvalue weighted by molar-refractivity contribution is -0.114. The highest BCUT2D eigenvalue weighted by Crippen LogP contribution is 2.32. The lowest BCUT2D eigenvalue weighted by Gasteiger charge is -2.26. The highest BCUT2D eigenvalue weighted by molar-refractivity contribution is 7.89. The topological polar surface area (TPSA) is 101 Å². The first-order valence-corrected chi connectivity index (χ1v) is 9.72. The average Bonchev–Trinajstić information content (AvgIpc) is 2.56. The van der Waals surface area contributed by atoms with Gasteiger partial charge in [0, 0.05) is 18.7 Å². The van der Waals surface area contributed by atoms with Crippen molar-refractivity contribution in [1.82, 2.24) is 4.72 Å². The molecule has 6 nitrogen and oxygen atoms in total. The molecule has 0 saturated heterocycles. The van der Waals surface area contributed by atoms with Crippen molar-refractivity contribution in [3.8, 4) is 0 Å². The predicted molar refractivity (Wildman–Crippen MR) is 97.6 cm³/mol. The lowest BCUT2D eigenvalue weighted by atomic mass is 9.88. The van der Waals surface area contributed by atoms with Crippen molar-refractivity contribution in [2.75, 3.05) is 11.1 Å². The maximum absolute atomic E-state index is 13.8. The van der Waals surface area contributed by atoms with Gasteiger partial charge < -0.3 is 11.1 Å². The van der Waals surface area contributed by atoms with Crippen molar-refractivity contribution in [2.24, 2.45) is 0 Å². The summed E-state index contributed by atoms with van der Waals surface area (Å²) in [6.45, 7) is 1.23. The van der Waals surface area contributed by atoms with Crippen LogP contribution in [0.3, 0.4) is 0 Å². The molecule has 4 N–H and O–H groups in total. The van der Waals surface area contributed by atoms with Gasteiger partial charge in [0.05, 0.1) is 10.6 Å². The largest absolute Gasteiger partial charge is 0.399 e. The number of halogens is 1. The Bertz CT molecular complexity index is 960. The van der Waals surface area contributed by atoms with Crippen molar-refractivity contribution in [3.05, 3.63) is 53.3 Å². The van der Waals surface area contributed by atoms with Crippen LogP contribution in [0, 0.1) is 5.82 Å². The molecule has 1 unspecified atom stereocenters. The lowest BCUT2D eigenvalue weighted by Crippen LogP contribution is -2.31. The standard InChI is InChI=1S/C18H20FN3O3S/c1-11(23)21-18-10-14(6-8-16(18)19)26(24,25)22-17-4-2-3-12-9-13(20)5-7-15(12)17/h5-10,17,22H,2-4,20H2,1H3,(H,21,23). The Kier molecular flexibility index (Phi) is 4.97. The number of benzene rings is 2. The van der Waals surface area contributed by atoms with Crippen LogP contribution < -0.4 is 15.8 Å². The van der Waals surface area contributed by atoms with E-state index in [4.69, 9.17) is 5.73 Å². The molecule has 0 fully saturated rings. The van der Waals surface area contributed by atoms with Gasteiger partial charge in [-0.15, -0.1) is 0 Å². The number of hydrogen-bond donors (Lipinski definition) is 3. The normalized spacial score (nSPS) is 16.8. The molecule has 0 aromatic heterocycles. The van der Waals surface area contributed by atoms with Gasteiger partial charge in [0.15, 0.2) is 0 Å². The van der Waals surface area contributed by atoms with Crippen molar-refractivity contribution in [2.45, 2.75) is 37.1 Å². The summed E-state index contributed by atoms with van der Waals surface area (Å²) in [6, 6.07) is 8.39. The van der Waals surface area contributed by atoms with Crippen LogP contribution in [-0.2, 0) is 21.2 Å². The number of carbonyl (C=O) groups is 1. The zero-order chi connectivity index (χ0) is 18.9. The Morgan fingerprint density at radius 3 is 2.73 bits per heavy atom. The van der Waals surface area contributed by atoms with E-state index in [2.05, 4.69) is 10.0 Å². The smallest absolute Gasteiger partial charge is 0.241 e. The van der Waals surface area contributed by atoms with Crippen LogP contribution in [0.5, 0.6) is 0 Å². The summed E-state index contributed by atoms with van der Waals surface area (Å²) in [5.74, 6) is -1.18. The molecule has 1 amide bonds. The number of sulfonamides is 1. The molecule has 0 radical (unpaired) electrons. The first kappa shape index (κ1) is 18.3. The van der Waals surface area contributed by atoms with Crippen LogP contribution in [0.1, 0.15) is 36.9 Å². The Balaban J connectivity index is 1.90. The second kappa shape index (κ2) is 7.05. The SMILES string of the molecule is CC(=O)Nc1cc(S(=O)(=O)NC2CCCc3cc(N)ccc32)ccc1F. The number of nitrogen functional groups attached to an aromatic ring is 1. The number of nitrogens with two attached hydrogens (primary N) is 1. The molecule has 0 saturated carbocycles. The van der Waals surface area contributed by atoms with Crippen molar-refractivity contribution < 1.29 is 17.6 Å². The molecule has 0 aliphatic heterocycles. The zero-order valence-corrected chi connectivity index (χ0v) is 15.1. The minimum atomic E-state index is -3.89. The summed E-state index contributed by atoms with van der Waals surface area (Å²) in [5.41, 5.74) is 8.21. The monoisotopic (exact) mass is 377 g/mol. The van der Waals surface area contributed by atoms with Gasteiger partial charge in [0.25, 0.3) is 0 Å². The van der Waals surface area contributed by atoms with E-state index >= 15 is 0 Å². The van der Waals surface area contributed by atoms with E-state index in [1.165, 1.54) is 13.0 Å². The van der Waals surface area contributed by atoms with E-state index in [9.17, 15) is 17.6 Å². The number of nitrogens with one attached hydrogen (secondary N) is 2. The first-order chi connectivity index (χ1) is 12.3. The second-order valence-corrected chi connectivity index (χ2v) is 8.06. The maximum Gasteiger partial charge on any atom is 0.241 e. The minimum Gasteiger partial charge on any atom is -0.399 e. The fraction of sp³-hybridized carbons (Fsp3) is 0.278. The zero-order valence-electron chi connectivity index (χ0n) is 14.3. The molecule has 8 heteroatoms.